The van der Waals surface area contributed by atoms with Crippen LogP contribution in [-0.4, -0.2) is 16.1 Å². The number of ketones is 2. The molecule has 2 rings (SSSR count). The molecule has 3 nitrogen and oxygen atoms in total. The maximum Gasteiger partial charge on any atom is 0.149 e. The van der Waals surface area contributed by atoms with Crippen LogP contribution in [0.4, 0.5) is 0 Å². The third-order valence-corrected chi connectivity index (χ3v) is 2.70. The Morgan fingerprint density at radius 3 is 2.47 bits per heavy atom. The van der Waals surface area contributed by atoms with Gasteiger partial charge in [-0.25, -0.2) is 0 Å². The van der Waals surface area contributed by atoms with E-state index in [0.29, 0.717) is 13.0 Å². The minimum absolute atomic E-state index is 0.111. The van der Waals surface area contributed by atoms with E-state index in [-0.39, 0.29) is 11.6 Å². The van der Waals surface area contributed by atoms with Gasteiger partial charge in [0.15, 0.2) is 0 Å². The number of Topliss-reactive ketones (excluding diaryl/α,β-unsaturated/α-hetero) is 2. The molecule has 0 aliphatic rings. The number of fused-ring (bicyclic) bond motifs is 1. The van der Waals surface area contributed by atoms with Crippen molar-refractivity contribution in [3.63, 3.8) is 0 Å². The molecule has 1 aromatic carbocycles. The second-order valence-electron chi connectivity index (χ2n) is 4.38. The number of carbonyl (C=O) groups excluding carboxylic acids is 2. The summed E-state index contributed by atoms with van der Waals surface area (Å²) < 4.78 is 1.91. The van der Waals surface area contributed by atoms with Crippen LogP contribution < -0.4 is 0 Å². The molecule has 0 aliphatic heterocycles. The molecule has 0 bridgehead atoms. The van der Waals surface area contributed by atoms with E-state index in [0.717, 1.165) is 16.5 Å². The predicted octanol–water partition coefficient (Wildman–Crippen LogP) is 2.36. The molecule has 88 valence electrons. The number of carbonyl (C=O) groups is 2. The molecule has 1 aromatic heterocycles. The Kier molecular flexibility index (Phi) is 3.09. The highest BCUT2D eigenvalue weighted by Gasteiger charge is 2.10. The lowest BCUT2D eigenvalue weighted by Crippen LogP contribution is -2.04. The Bertz CT molecular complexity index is 531. The fraction of sp³-hybridized carbons (Fsp3) is 0.286. The molecule has 0 unspecified atom stereocenters. The van der Waals surface area contributed by atoms with Crippen molar-refractivity contribution in [2.45, 2.75) is 26.8 Å². The van der Waals surface area contributed by atoms with E-state index in [9.17, 15) is 9.59 Å². The zero-order chi connectivity index (χ0) is 12.4. The predicted molar refractivity (Wildman–Crippen MR) is 67.0 cm³/mol. The minimum Gasteiger partial charge on any atom is -0.340 e. The van der Waals surface area contributed by atoms with Crippen molar-refractivity contribution in [3.05, 3.63) is 36.0 Å². The zero-order valence-electron chi connectivity index (χ0n) is 10.1. The molecule has 1 heterocycles. The molecule has 0 fully saturated rings. The van der Waals surface area contributed by atoms with Crippen LogP contribution in [0.1, 0.15) is 19.4 Å². The minimum atomic E-state index is 0.111. The van der Waals surface area contributed by atoms with Crippen LogP contribution in [0.2, 0.25) is 0 Å². The Labute approximate surface area is 100 Å². The molecule has 0 N–H and O–H groups in total. The highest BCUT2D eigenvalue weighted by atomic mass is 16.1. The van der Waals surface area contributed by atoms with E-state index in [2.05, 4.69) is 0 Å². The molecular formula is C14H15NO2. The van der Waals surface area contributed by atoms with Gasteiger partial charge in [0.05, 0.1) is 6.54 Å². The van der Waals surface area contributed by atoms with Crippen LogP contribution in [0, 0.1) is 0 Å². The Morgan fingerprint density at radius 1 is 1.12 bits per heavy atom. The van der Waals surface area contributed by atoms with Gasteiger partial charge in [0.25, 0.3) is 0 Å². The van der Waals surface area contributed by atoms with E-state index in [1.807, 2.05) is 35.0 Å². The molecule has 0 atom stereocenters. The van der Waals surface area contributed by atoms with Gasteiger partial charge < -0.3 is 4.57 Å². The quantitative estimate of drug-likeness (QED) is 0.807. The lowest BCUT2D eigenvalue weighted by molar-refractivity contribution is -0.117. The van der Waals surface area contributed by atoms with Gasteiger partial charge in [-0.05, 0) is 25.5 Å². The summed E-state index contributed by atoms with van der Waals surface area (Å²) in [6.07, 6.45) is 2.33. The summed E-state index contributed by atoms with van der Waals surface area (Å²) in [5, 5.41) is 1.06. The monoisotopic (exact) mass is 229 g/mol. The van der Waals surface area contributed by atoms with Gasteiger partial charge in [-0.2, -0.15) is 0 Å². The average molecular weight is 229 g/mol. The van der Waals surface area contributed by atoms with E-state index >= 15 is 0 Å². The SMILES string of the molecule is CC(=O)Cc1cn(CC(C)=O)c2ccccc12. The number of hydrogen-bond donors (Lipinski definition) is 0. The van der Waals surface area contributed by atoms with Crippen molar-refractivity contribution >= 4 is 22.5 Å². The molecule has 0 radical (unpaired) electrons. The molecule has 2 aromatic rings. The van der Waals surface area contributed by atoms with Crippen molar-refractivity contribution < 1.29 is 9.59 Å². The molecule has 0 saturated heterocycles. The highest BCUT2D eigenvalue weighted by Crippen LogP contribution is 2.21. The summed E-state index contributed by atoms with van der Waals surface area (Å²) in [5.41, 5.74) is 2.01. The van der Waals surface area contributed by atoms with Gasteiger partial charge in [-0.3, -0.25) is 9.59 Å². The second kappa shape index (κ2) is 4.53. The highest BCUT2D eigenvalue weighted by molar-refractivity contribution is 5.90. The summed E-state index contributed by atoms with van der Waals surface area (Å²) in [6, 6.07) is 7.85. The van der Waals surface area contributed by atoms with Crippen molar-refractivity contribution in [1.29, 1.82) is 0 Å². The van der Waals surface area contributed by atoms with Crippen LogP contribution in [0.3, 0.4) is 0 Å². The first-order valence-corrected chi connectivity index (χ1v) is 5.63. The average Bonchev–Trinajstić information content (AvgIpc) is 2.56. The summed E-state index contributed by atoms with van der Waals surface area (Å²) >= 11 is 0. The number of nitrogens with zero attached hydrogens (tertiary/aromatic N) is 1. The van der Waals surface area contributed by atoms with Crippen LogP contribution in [0.15, 0.2) is 30.5 Å². The Hall–Kier alpha value is -1.90. The molecular weight excluding hydrogens is 214 g/mol. The molecule has 0 saturated carbocycles. The lowest BCUT2D eigenvalue weighted by atomic mass is 10.1. The topological polar surface area (TPSA) is 39.1 Å². The first-order valence-electron chi connectivity index (χ1n) is 5.63. The third-order valence-electron chi connectivity index (χ3n) is 2.70. The van der Waals surface area contributed by atoms with E-state index < -0.39 is 0 Å². The van der Waals surface area contributed by atoms with E-state index in [1.165, 1.54) is 0 Å². The maximum atomic E-state index is 11.2. The van der Waals surface area contributed by atoms with E-state index in [1.54, 1.807) is 13.8 Å². The maximum absolute atomic E-state index is 11.2. The van der Waals surface area contributed by atoms with Crippen LogP contribution in [0.25, 0.3) is 10.9 Å². The smallest absolute Gasteiger partial charge is 0.149 e. The largest absolute Gasteiger partial charge is 0.340 e. The summed E-state index contributed by atoms with van der Waals surface area (Å²) in [6.45, 7) is 3.51. The molecule has 0 spiro atoms. The second-order valence-corrected chi connectivity index (χ2v) is 4.38. The number of benzene rings is 1. The first-order chi connectivity index (χ1) is 8.08. The first kappa shape index (κ1) is 11.6. The van der Waals surface area contributed by atoms with Crippen molar-refractivity contribution in [1.82, 2.24) is 4.57 Å². The van der Waals surface area contributed by atoms with Crippen molar-refractivity contribution in [2.75, 3.05) is 0 Å². The van der Waals surface area contributed by atoms with Crippen molar-refractivity contribution in [2.24, 2.45) is 0 Å². The zero-order valence-corrected chi connectivity index (χ0v) is 10.1. The van der Waals surface area contributed by atoms with Crippen molar-refractivity contribution in [3.8, 4) is 0 Å². The summed E-state index contributed by atoms with van der Waals surface area (Å²) in [4.78, 5) is 22.4. The summed E-state index contributed by atoms with van der Waals surface area (Å²) in [5.74, 6) is 0.246. The number of rotatable bonds is 4. The standard InChI is InChI=1S/C14H15NO2/c1-10(16)7-12-9-15(8-11(2)17)14-6-4-3-5-13(12)14/h3-6,9H,7-8H2,1-2H3. The fourth-order valence-electron chi connectivity index (χ4n) is 2.10. The Morgan fingerprint density at radius 2 is 1.82 bits per heavy atom. The molecule has 0 aliphatic carbocycles. The molecule has 17 heavy (non-hydrogen) atoms. The van der Waals surface area contributed by atoms with Crippen LogP contribution >= 0.6 is 0 Å². The Balaban J connectivity index is 2.53. The van der Waals surface area contributed by atoms with Crippen LogP contribution in [0.5, 0.6) is 0 Å². The van der Waals surface area contributed by atoms with Gasteiger partial charge in [0.1, 0.15) is 11.6 Å². The van der Waals surface area contributed by atoms with Gasteiger partial charge in [0, 0.05) is 23.5 Å². The van der Waals surface area contributed by atoms with Gasteiger partial charge >= 0.3 is 0 Å². The van der Waals surface area contributed by atoms with Crippen LogP contribution in [-0.2, 0) is 22.6 Å². The number of hydrogen-bond acceptors (Lipinski definition) is 2. The van der Waals surface area contributed by atoms with Gasteiger partial charge in [-0.15, -0.1) is 0 Å². The van der Waals surface area contributed by atoms with Gasteiger partial charge in [-0.1, -0.05) is 18.2 Å². The van der Waals surface area contributed by atoms with Gasteiger partial charge in [0.2, 0.25) is 0 Å². The lowest BCUT2D eigenvalue weighted by Gasteiger charge is -2.00. The van der Waals surface area contributed by atoms with E-state index in [4.69, 9.17) is 0 Å². The fourth-order valence-corrected chi connectivity index (χ4v) is 2.10. The molecule has 3 heteroatoms. The molecule has 0 amide bonds. The number of aromatic nitrogens is 1. The number of para-hydroxylation sites is 1. The summed E-state index contributed by atoms with van der Waals surface area (Å²) in [7, 11) is 0. The normalized spacial score (nSPS) is 10.7. The third kappa shape index (κ3) is 2.44.